The van der Waals surface area contributed by atoms with E-state index in [2.05, 4.69) is 4.74 Å². The Balaban J connectivity index is 2.91. The molecule has 15 heavy (non-hydrogen) atoms. The van der Waals surface area contributed by atoms with Gasteiger partial charge in [0.05, 0.1) is 0 Å². The summed E-state index contributed by atoms with van der Waals surface area (Å²) in [6.45, 7) is -3.00. The fourth-order valence-electron chi connectivity index (χ4n) is 1.19. The maximum atomic E-state index is 13.2. The van der Waals surface area contributed by atoms with Crippen LogP contribution in [0.5, 0.6) is 5.75 Å². The third-order valence-electron chi connectivity index (χ3n) is 1.80. The lowest BCUT2D eigenvalue weighted by Gasteiger charge is -2.10. The summed E-state index contributed by atoms with van der Waals surface area (Å²) in [4.78, 5) is 10.1. The van der Waals surface area contributed by atoms with Crippen molar-refractivity contribution in [2.24, 2.45) is 0 Å². The number of carbonyl (C=O) groups is 1. The molecule has 0 fully saturated rings. The predicted octanol–water partition coefficient (Wildman–Crippen LogP) is 2.56. The summed E-state index contributed by atoms with van der Waals surface area (Å²) in [6, 6.07) is 3.66. The Kier molecular flexibility index (Phi) is 4.15. The molecule has 0 aliphatic heterocycles. The van der Waals surface area contributed by atoms with E-state index in [0.717, 1.165) is 6.07 Å². The van der Waals surface area contributed by atoms with Crippen LogP contribution in [0.15, 0.2) is 18.2 Å². The fraction of sp³-hybridized carbons (Fsp3) is 0.300. The number of benzene rings is 1. The van der Waals surface area contributed by atoms with Crippen molar-refractivity contribution in [3.8, 4) is 5.75 Å². The summed E-state index contributed by atoms with van der Waals surface area (Å²) in [5.41, 5.74) is 0.00454. The number of ether oxygens (including phenoxy) is 1. The van der Waals surface area contributed by atoms with Crippen molar-refractivity contribution in [1.82, 2.24) is 0 Å². The first-order chi connectivity index (χ1) is 7.15. The van der Waals surface area contributed by atoms with Crippen LogP contribution in [0.4, 0.5) is 13.2 Å². The molecule has 0 heterocycles. The lowest BCUT2D eigenvalue weighted by molar-refractivity contribution is -0.107. The van der Waals surface area contributed by atoms with Crippen LogP contribution in [-0.2, 0) is 11.2 Å². The number of hydrogen-bond donors (Lipinski definition) is 0. The second-order valence-electron chi connectivity index (χ2n) is 2.80. The first-order valence-corrected chi connectivity index (χ1v) is 4.31. The third-order valence-corrected chi connectivity index (χ3v) is 1.80. The maximum absolute atomic E-state index is 13.2. The van der Waals surface area contributed by atoms with Gasteiger partial charge < -0.3 is 9.53 Å². The average Bonchev–Trinajstić information content (AvgIpc) is 2.16. The fourth-order valence-corrected chi connectivity index (χ4v) is 1.19. The van der Waals surface area contributed by atoms with E-state index in [0.29, 0.717) is 6.29 Å². The topological polar surface area (TPSA) is 26.3 Å². The molecule has 5 heteroatoms. The standard InChI is InChI=1S/C10H9F3O2/c11-8-4-1-5-9(15-10(12)13)7(8)3-2-6-14/h1,4-6,10H,2-3H2. The van der Waals surface area contributed by atoms with Crippen LogP contribution >= 0.6 is 0 Å². The van der Waals surface area contributed by atoms with E-state index in [-0.39, 0.29) is 24.2 Å². The van der Waals surface area contributed by atoms with Gasteiger partial charge in [-0.15, -0.1) is 0 Å². The van der Waals surface area contributed by atoms with Crippen LogP contribution in [0.2, 0.25) is 0 Å². The molecule has 0 amide bonds. The monoisotopic (exact) mass is 218 g/mol. The Morgan fingerprint density at radius 2 is 2.13 bits per heavy atom. The number of carbonyl (C=O) groups excluding carboxylic acids is 1. The molecule has 1 aromatic carbocycles. The second kappa shape index (κ2) is 5.38. The minimum absolute atomic E-state index is 0.00454. The van der Waals surface area contributed by atoms with Crippen LogP contribution < -0.4 is 4.74 Å². The molecule has 1 rings (SSSR count). The second-order valence-corrected chi connectivity index (χ2v) is 2.80. The molecule has 82 valence electrons. The van der Waals surface area contributed by atoms with Crippen LogP contribution in [-0.4, -0.2) is 12.9 Å². The molecular weight excluding hydrogens is 209 g/mol. The molecule has 0 aromatic heterocycles. The third kappa shape index (κ3) is 3.27. The Bertz CT molecular complexity index is 339. The molecule has 0 bridgehead atoms. The zero-order valence-corrected chi connectivity index (χ0v) is 7.75. The number of alkyl halides is 2. The van der Waals surface area contributed by atoms with Gasteiger partial charge in [0.15, 0.2) is 0 Å². The minimum Gasteiger partial charge on any atom is -0.434 e. The molecule has 0 saturated heterocycles. The summed E-state index contributed by atoms with van der Waals surface area (Å²) >= 11 is 0. The van der Waals surface area contributed by atoms with E-state index in [4.69, 9.17) is 0 Å². The van der Waals surface area contributed by atoms with Crippen molar-refractivity contribution < 1.29 is 22.7 Å². The first-order valence-electron chi connectivity index (χ1n) is 4.31. The van der Waals surface area contributed by atoms with Crippen LogP contribution in [0, 0.1) is 5.82 Å². The molecule has 1 aromatic rings. The van der Waals surface area contributed by atoms with Gasteiger partial charge in [-0.3, -0.25) is 0 Å². The van der Waals surface area contributed by atoms with Gasteiger partial charge >= 0.3 is 6.61 Å². The first kappa shape index (κ1) is 11.6. The van der Waals surface area contributed by atoms with E-state index in [1.54, 1.807) is 0 Å². The normalized spacial score (nSPS) is 10.4. The molecule has 0 unspecified atom stereocenters. The lowest BCUT2D eigenvalue weighted by Crippen LogP contribution is -2.06. The number of rotatable bonds is 5. The SMILES string of the molecule is O=CCCc1c(F)cccc1OC(F)F. The smallest absolute Gasteiger partial charge is 0.387 e. The van der Waals surface area contributed by atoms with Crippen molar-refractivity contribution in [3.63, 3.8) is 0 Å². The highest BCUT2D eigenvalue weighted by Crippen LogP contribution is 2.24. The van der Waals surface area contributed by atoms with Gasteiger partial charge in [-0.05, 0) is 18.6 Å². The van der Waals surface area contributed by atoms with Gasteiger partial charge in [-0.2, -0.15) is 8.78 Å². The van der Waals surface area contributed by atoms with E-state index in [1.165, 1.54) is 12.1 Å². The zero-order valence-electron chi connectivity index (χ0n) is 7.75. The molecule has 0 radical (unpaired) electrons. The van der Waals surface area contributed by atoms with Gasteiger partial charge in [0, 0.05) is 12.0 Å². The van der Waals surface area contributed by atoms with Gasteiger partial charge in [-0.1, -0.05) is 6.07 Å². The highest BCUT2D eigenvalue weighted by atomic mass is 19.3. The van der Waals surface area contributed by atoms with Gasteiger partial charge in [-0.25, -0.2) is 4.39 Å². The molecule has 0 saturated carbocycles. The molecule has 2 nitrogen and oxygen atoms in total. The Hall–Kier alpha value is -1.52. The number of hydrogen-bond acceptors (Lipinski definition) is 2. The van der Waals surface area contributed by atoms with Crippen LogP contribution in [0.3, 0.4) is 0 Å². The van der Waals surface area contributed by atoms with E-state index < -0.39 is 12.4 Å². The van der Waals surface area contributed by atoms with E-state index in [1.807, 2.05) is 0 Å². The summed E-state index contributed by atoms with van der Waals surface area (Å²) in [6.07, 6.45) is 0.720. The molecular formula is C10H9F3O2. The van der Waals surface area contributed by atoms with Gasteiger partial charge in [0.1, 0.15) is 17.9 Å². The van der Waals surface area contributed by atoms with E-state index >= 15 is 0 Å². The Morgan fingerprint density at radius 1 is 1.40 bits per heavy atom. The Labute approximate surface area is 84.7 Å². The van der Waals surface area contributed by atoms with Crippen molar-refractivity contribution in [3.05, 3.63) is 29.6 Å². The van der Waals surface area contributed by atoms with Crippen molar-refractivity contribution >= 4 is 6.29 Å². The summed E-state index contributed by atoms with van der Waals surface area (Å²) < 4.78 is 41.2. The predicted molar refractivity (Wildman–Crippen MR) is 47.4 cm³/mol. The molecule has 0 aliphatic rings. The highest BCUT2D eigenvalue weighted by molar-refractivity contribution is 5.51. The van der Waals surface area contributed by atoms with Crippen molar-refractivity contribution in [2.75, 3.05) is 0 Å². The summed E-state index contributed by atoms with van der Waals surface area (Å²) in [5, 5.41) is 0. The van der Waals surface area contributed by atoms with Gasteiger partial charge in [0.2, 0.25) is 0 Å². The molecule has 0 N–H and O–H groups in total. The molecule has 0 spiro atoms. The van der Waals surface area contributed by atoms with Crippen LogP contribution in [0.25, 0.3) is 0 Å². The number of halogens is 3. The van der Waals surface area contributed by atoms with Crippen molar-refractivity contribution in [1.29, 1.82) is 0 Å². The average molecular weight is 218 g/mol. The van der Waals surface area contributed by atoms with Crippen LogP contribution in [0.1, 0.15) is 12.0 Å². The highest BCUT2D eigenvalue weighted by Gasteiger charge is 2.12. The van der Waals surface area contributed by atoms with E-state index in [9.17, 15) is 18.0 Å². The Morgan fingerprint density at radius 3 is 2.73 bits per heavy atom. The summed E-state index contributed by atoms with van der Waals surface area (Å²) in [7, 11) is 0. The minimum atomic E-state index is -3.00. The molecule has 0 aliphatic carbocycles. The quantitative estimate of drug-likeness (QED) is 0.710. The largest absolute Gasteiger partial charge is 0.434 e. The summed E-state index contributed by atoms with van der Waals surface area (Å²) in [5.74, 6) is -0.859. The number of aldehydes is 1. The zero-order chi connectivity index (χ0) is 11.3. The maximum Gasteiger partial charge on any atom is 0.387 e. The lowest BCUT2D eigenvalue weighted by atomic mass is 10.1. The van der Waals surface area contributed by atoms with Crippen molar-refractivity contribution in [2.45, 2.75) is 19.5 Å². The van der Waals surface area contributed by atoms with Gasteiger partial charge in [0.25, 0.3) is 0 Å². The molecule has 0 atom stereocenters.